The molecule has 7 nitrogen and oxygen atoms in total. The zero-order valence-corrected chi connectivity index (χ0v) is 17.2. The van der Waals surface area contributed by atoms with Gasteiger partial charge >= 0.3 is 0 Å². The van der Waals surface area contributed by atoms with Crippen molar-refractivity contribution in [1.82, 2.24) is 0 Å². The summed E-state index contributed by atoms with van der Waals surface area (Å²) in [5, 5.41) is 0. The van der Waals surface area contributed by atoms with E-state index in [0.717, 1.165) is 11.3 Å². The largest absolute Gasteiger partial charge is 0.494 e. The van der Waals surface area contributed by atoms with Crippen LogP contribution in [0.15, 0.2) is 24.3 Å². The smallest absolute Gasteiger partial charge is 0.190 e. The molecule has 0 amide bonds. The number of fused-ring (bicyclic) bond motifs is 1. The molecule has 0 aromatic heterocycles. The Balaban J connectivity index is 1.45. The van der Waals surface area contributed by atoms with Crippen LogP contribution in [0.3, 0.4) is 0 Å². The highest BCUT2D eigenvalue weighted by Crippen LogP contribution is 2.42. The normalized spacial score (nSPS) is 35.8. The van der Waals surface area contributed by atoms with Crippen LogP contribution in [0, 0.1) is 0 Å². The van der Waals surface area contributed by atoms with E-state index in [1.165, 1.54) is 0 Å². The Morgan fingerprint density at radius 3 is 2.36 bits per heavy atom. The van der Waals surface area contributed by atoms with Gasteiger partial charge in [0, 0.05) is 0 Å². The summed E-state index contributed by atoms with van der Waals surface area (Å²) in [6.45, 7) is 11.0. The van der Waals surface area contributed by atoms with Gasteiger partial charge < -0.3 is 33.2 Å². The van der Waals surface area contributed by atoms with E-state index in [0.29, 0.717) is 19.8 Å². The van der Waals surface area contributed by atoms with Crippen LogP contribution >= 0.6 is 0 Å². The van der Waals surface area contributed by atoms with E-state index in [4.69, 9.17) is 33.2 Å². The standard InChI is InChI=1S/C21H30O7/c1-6-22-14-9-7-13(8-10-14)11-23-17-16(15-12-24-20(2,3)26-15)25-19-18(17)27-21(4,5)28-19/h7-10,15-19H,6,11-12H2,1-5H3/t15?,16-,17+,18-,19-/m1/s1. The topological polar surface area (TPSA) is 64.6 Å². The summed E-state index contributed by atoms with van der Waals surface area (Å²) in [5.74, 6) is -0.485. The highest BCUT2D eigenvalue weighted by molar-refractivity contribution is 5.26. The Morgan fingerprint density at radius 2 is 1.71 bits per heavy atom. The maximum absolute atomic E-state index is 6.28. The maximum Gasteiger partial charge on any atom is 0.190 e. The zero-order valence-electron chi connectivity index (χ0n) is 17.2. The minimum Gasteiger partial charge on any atom is -0.494 e. The van der Waals surface area contributed by atoms with Gasteiger partial charge in [-0.25, -0.2) is 0 Å². The van der Waals surface area contributed by atoms with Gasteiger partial charge in [0.1, 0.15) is 30.2 Å². The molecule has 1 aromatic rings. The molecule has 0 radical (unpaired) electrons. The van der Waals surface area contributed by atoms with Gasteiger partial charge in [0.15, 0.2) is 17.9 Å². The van der Waals surface area contributed by atoms with E-state index in [9.17, 15) is 0 Å². The molecule has 1 unspecified atom stereocenters. The van der Waals surface area contributed by atoms with Crippen LogP contribution in [0.1, 0.15) is 40.2 Å². The highest BCUT2D eigenvalue weighted by Gasteiger charge is 2.58. The third-order valence-electron chi connectivity index (χ3n) is 5.10. The first-order valence-electron chi connectivity index (χ1n) is 9.92. The molecule has 156 valence electrons. The van der Waals surface area contributed by atoms with Crippen molar-refractivity contribution in [2.24, 2.45) is 0 Å². The van der Waals surface area contributed by atoms with Crippen LogP contribution in [0.25, 0.3) is 0 Å². The maximum atomic E-state index is 6.28. The molecule has 0 N–H and O–H groups in total. The van der Waals surface area contributed by atoms with Crippen LogP contribution < -0.4 is 4.74 Å². The van der Waals surface area contributed by atoms with Crippen LogP contribution in [0.5, 0.6) is 5.75 Å². The van der Waals surface area contributed by atoms with Gasteiger partial charge in [0.25, 0.3) is 0 Å². The molecule has 0 bridgehead atoms. The lowest BCUT2D eigenvalue weighted by atomic mass is 10.1. The van der Waals surface area contributed by atoms with E-state index >= 15 is 0 Å². The Labute approximate surface area is 166 Å². The minimum atomic E-state index is -0.701. The zero-order chi connectivity index (χ0) is 19.9. The van der Waals surface area contributed by atoms with Gasteiger partial charge in [0.2, 0.25) is 0 Å². The van der Waals surface area contributed by atoms with E-state index in [1.807, 2.05) is 58.9 Å². The molecule has 0 aliphatic carbocycles. The van der Waals surface area contributed by atoms with Crippen molar-refractivity contribution in [2.45, 2.75) is 83.5 Å². The van der Waals surface area contributed by atoms with Crippen LogP contribution in [0.2, 0.25) is 0 Å². The molecule has 7 heteroatoms. The minimum absolute atomic E-state index is 0.235. The average Bonchev–Trinajstić information content (AvgIpc) is 3.23. The number of benzene rings is 1. The predicted octanol–water partition coefficient (Wildman–Crippen LogP) is 3.00. The quantitative estimate of drug-likeness (QED) is 0.735. The van der Waals surface area contributed by atoms with Crippen molar-refractivity contribution in [2.75, 3.05) is 13.2 Å². The molecule has 28 heavy (non-hydrogen) atoms. The van der Waals surface area contributed by atoms with Crippen molar-refractivity contribution in [3.63, 3.8) is 0 Å². The van der Waals surface area contributed by atoms with Gasteiger partial charge in [-0.15, -0.1) is 0 Å². The fraction of sp³-hybridized carbons (Fsp3) is 0.714. The first-order valence-corrected chi connectivity index (χ1v) is 9.92. The molecule has 3 aliphatic rings. The molecular formula is C21H30O7. The first kappa shape index (κ1) is 20.1. The van der Waals surface area contributed by atoms with Gasteiger partial charge in [-0.1, -0.05) is 12.1 Å². The SMILES string of the molecule is CCOc1ccc(CO[C@@H]2[C@H]3OC(C)(C)O[C@H]3O[C@@H]2C2COC(C)(C)O2)cc1. The molecule has 5 atom stereocenters. The lowest BCUT2D eigenvalue weighted by Crippen LogP contribution is -2.44. The molecule has 0 spiro atoms. The van der Waals surface area contributed by atoms with Crippen molar-refractivity contribution in [3.8, 4) is 5.75 Å². The van der Waals surface area contributed by atoms with Gasteiger partial charge in [-0.3, -0.25) is 0 Å². The lowest BCUT2D eigenvalue weighted by Gasteiger charge is -2.29. The summed E-state index contributed by atoms with van der Waals surface area (Å²) >= 11 is 0. The summed E-state index contributed by atoms with van der Waals surface area (Å²) < 4.78 is 41.7. The molecule has 0 saturated carbocycles. The van der Waals surface area contributed by atoms with E-state index in [1.54, 1.807) is 0 Å². The molecule has 3 fully saturated rings. The van der Waals surface area contributed by atoms with Crippen molar-refractivity contribution in [3.05, 3.63) is 29.8 Å². The van der Waals surface area contributed by atoms with Crippen LogP contribution in [-0.4, -0.2) is 55.5 Å². The molecular weight excluding hydrogens is 364 g/mol. The average molecular weight is 394 g/mol. The predicted molar refractivity (Wildman–Crippen MR) is 99.8 cm³/mol. The summed E-state index contributed by atoms with van der Waals surface area (Å²) in [4.78, 5) is 0. The fourth-order valence-corrected chi connectivity index (χ4v) is 3.91. The molecule has 3 aliphatic heterocycles. The highest BCUT2D eigenvalue weighted by atomic mass is 16.8. The van der Waals surface area contributed by atoms with Gasteiger partial charge in [0.05, 0.1) is 19.8 Å². The van der Waals surface area contributed by atoms with Crippen molar-refractivity contribution >= 4 is 0 Å². The summed E-state index contributed by atoms with van der Waals surface area (Å²) in [6.07, 6.45) is -1.66. The van der Waals surface area contributed by atoms with Crippen LogP contribution in [0.4, 0.5) is 0 Å². The Morgan fingerprint density at radius 1 is 0.964 bits per heavy atom. The number of hydrogen-bond donors (Lipinski definition) is 0. The molecule has 4 rings (SSSR count). The van der Waals surface area contributed by atoms with E-state index < -0.39 is 17.9 Å². The lowest BCUT2D eigenvalue weighted by molar-refractivity contribution is -0.236. The Hall–Kier alpha value is -1.22. The number of ether oxygens (including phenoxy) is 7. The fourth-order valence-electron chi connectivity index (χ4n) is 3.91. The van der Waals surface area contributed by atoms with E-state index in [2.05, 4.69) is 0 Å². The second kappa shape index (κ2) is 7.55. The van der Waals surface area contributed by atoms with Crippen LogP contribution in [-0.2, 0) is 35.0 Å². The third-order valence-corrected chi connectivity index (χ3v) is 5.10. The molecule has 3 saturated heterocycles. The summed E-state index contributed by atoms with van der Waals surface area (Å²) in [6, 6.07) is 7.90. The molecule has 1 aromatic carbocycles. The number of rotatable bonds is 6. The van der Waals surface area contributed by atoms with Gasteiger partial charge in [-0.05, 0) is 52.3 Å². The summed E-state index contributed by atoms with van der Waals surface area (Å²) in [7, 11) is 0. The molecule has 3 heterocycles. The monoisotopic (exact) mass is 394 g/mol. The summed E-state index contributed by atoms with van der Waals surface area (Å²) in [5.41, 5.74) is 1.05. The van der Waals surface area contributed by atoms with Gasteiger partial charge in [-0.2, -0.15) is 0 Å². The Bertz CT molecular complexity index is 672. The second-order valence-corrected chi connectivity index (χ2v) is 8.29. The van der Waals surface area contributed by atoms with E-state index in [-0.39, 0.29) is 24.4 Å². The van der Waals surface area contributed by atoms with Crippen molar-refractivity contribution in [1.29, 1.82) is 0 Å². The first-order chi connectivity index (χ1) is 13.3. The van der Waals surface area contributed by atoms with Crippen molar-refractivity contribution < 1.29 is 33.2 Å². The number of hydrogen-bond acceptors (Lipinski definition) is 7. The second-order valence-electron chi connectivity index (χ2n) is 8.29. The Kier molecular flexibility index (Phi) is 5.41. The third kappa shape index (κ3) is 4.20.